The van der Waals surface area contributed by atoms with Gasteiger partial charge in [-0.15, -0.1) is 0 Å². The van der Waals surface area contributed by atoms with E-state index in [-0.39, 0.29) is 0 Å². The van der Waals surface area contributed by atoms with Crippen molar-refractivity contribution in [3.63, 3.8) is 0 Å². The molecule has 0 aliphatic rings. The summed E-state index contributed by atoms with van der Waals surface area (Å²) in [6.07, 6.45) is -0.430. The first-order valence-corrected chi connectivity index (χ1v) is 7.85. The number of sulfonamides is 1. The first-order valence-electron chi connectivity index (χ1n) is 5.40. The molecule has 0 spiro atoms. The molecule has 0 atom stereocenters. The van der Waals surface area contributed by atoms with Crippen molar-refractivity contribution in [1.29, 1.82) is 0 Å². The molecule has 2 N–H and O–H groups in total. The smallest absolute Gasteiger partial charge is 0.304 e. The highest BCUT2D eigenvalue weighted by atomic mass is 79.9. The van der Waals surface area contributed by atoms with Crippen LogP contribution in [0.5, 0.6) is 0 Å². The molecule has 0 fully saturated rings. The first-order chi connectivity index (χ1) is 8.71. The van der Waals surface area contributed by atoms with Crippen LogP contribution < -0.4 is 9.62 Å². The Morgan fingerprint density at radius 1 is 1.42 bits per heavy atom. The van der Waals surface area contributed by atoms with E-state index in [1.54, 1.807) is 37.2 Å². The Morgan fingerprint density at radius 2 is 2.05 bits per heavy atom. The summed E-state index contributed by atoms with van der Waals surface area (Å²) in [4.78, 5) is 12.2. The van der Waals surface area contributed by atoms with E-state index >= 15 is 0 Å². The lowest BCUT2D eigenvalue weighted by molar-refractivity contribution is -0.136. The lowest BCUT2D eigenvalue weighted by atomic mass is 10.2. The minimum absolute atomic E-state index is 0.407. The molecule has 0 heterocycles. The first kappa shape index (κ1) is 15.8. The molecule has 1 aromatic carbocycles. The van der Waals surface area contributed by atoms with Crippen LogP contribution in [-0.4, -0.2) is 39.3 Å². The fourth-order valence-corrected chi connectivity index (χ4v) is 2.83. The van der Waals surface area contributed by atoms with Crippen molar-refractivity contribution in [2.75, 3.05) is 29.5 Å². The Morgan fingerprint density at radius 3 is 2.58 bits per heavy atom. The maximum Gasteiger partial charge on any atom is 0.304 e. The van der Waals surface area contributed by atoms with Crippen molar-refractivity contribution in [3.8, 4) is 0 Å². The van der Waals surface area contributed by atoms with Gasteiger partial charge in [-0.05, 0) is 18.2 Å². The second kappa shape index (κ2) is 6.25. The van der Waals surface area contributed by atoms with E-state index in [1.165, 1.54) is 0 Å². The minimum Gasteiger partial charge on any atom is -0.481 e. The summed E-state index contributed by atoms with van der Waals surface area (Å²) in [7, 11) is -0.101. The second-order valence-corrected chi connectivity index (χ2v) is 6.88. The van der Waals surface area contributed by atoms with E-state index < -0.39 is 28.2 Å². The number of nitrogens with one attached hydrogen (secondary N) is 1. The summed E-state index contributed by atoms with van der Waals surface area (Å²) < 4.78 is 26.7. The SMILES string of the molecule is CN(C)c1ccc(Br)cc1NS(=O)(=O)CCC(=O)O. The Labute approximate surface area is 120 Å². The molecule has 8 heteroatoms. The number of hydrogen-bond donors (Lipinski definition) is 2. The van der Waals surface area contributed by atoms with E-state index in [1.807, 2.05) is 0 Å². The predicted octanol–water partition coefficient (Wildman–Crippen LogP) is 1.73. The average molecular weight is 351 g/mol. The van der Waals surface area contributed by atoms with Crippen LogP contribution in [-0.2, 0) is 14.8 Å². The highest BCUT2D eigenvalue weighted by Crippen LogP contribution is 2.28. The van der Waals surface area contributed by atoms with E-state index in [2.05, 4.69) is 20.7 Å². The number of carbonyl (C=O) groups is 1. The zero-order chi connectivity index (χ0) is 14.6. The third-order valence-electron chi connectivity index (χ3n) is 2.29. The van der Waals surface area contributed by atoms with Crippen molar-refractivity contribution in [3.05, 3.63) is 22.7 Å². The molecule has 0 radical (unpaired) electrons. The van der Waals surface area contributed by atoms with Crippen molar-refractivity contribution >= 4 is 43.3 Å². The maximum atomic E-state index is 11.8. The van der Waals surface area contributed by atoms with Crippen molar-refractivity contribution in [2.24, 2.45) is 0 Å². The van der Waals surface area contributed by atoms with Gasteiger partial charge in [0.25, 0.3) is 0 Å². The molecular weight excluding hydrogens is 336 g/mol. The molecule has 6 nitrogen and oxygen atoms in total. The number of carboxylic acid groups (broad SMARTS) is 1. The van der Waals surface area contributed by atoms with Crippen LogP contribution in [0.3, 0.4) is 0 Å². The summed E-state index contributed by atoms with van der Waals surface area (Å²) >= 11 is 3.27. The summed E-state index contributed by atoms with van der Waals surface area (Å²) in [5, 5.41) is 8.52. The van der Waals surface area contributed by atoms with Gasteiger partial charge in [0, 0.05) is 18.6 Å². The van der Waals surface area contributed by atoms with Gasteiger partial charge < -0.3 is 10.0 Å². The van der Waals surface area contributed by atoms with Gasteiger partial charge in [0.15, 0.2) is 0 Å². The molecule has 0 aliphatic heterocycles. The highest BCUT2D eigenvalue weighted by molar-refractivity contribution is 9.10. The molecule has 0 saturated carbocycles. The number of rotatable bonds is 6. The molecule has 1 aromatic rings. The number of aliphatic carboxylic acids is 1. The number of benzene rings is 1. The maximum absolute atomic E-state index is 11.8. The molecule has 0 aromatic heterocycles. The largest absolute Gasteiger partial charge is 0.481 e. The van der Waals surface area contributed by atoms with Crippen LogP contribution in [0, 0.1) is 0 Å². The number of anilines is 2. The van der Waals surface area contributed by atoms with Gasteiger partial charge in [0.2, 0.25) is 10.0 Å². The zero-order valence-corrected chi connectivity index (χ0v) is 13.0. The van der Waals surface area contributed by atoms with Gasteiger partial charge in [-0.3, -0.25) is 9.52 Å². The molecular formula is C11H15BrN2O4S. The van der Waals surface area contributed by atoms with Crippen molar-refractivity contribution in [1.82, 2.24) is 0 Å². The van der Waals surface area contributed by atoms with Gasteiger partial charge in [0.05, 0.1) is 23.5 Å². The third-order valence-corrected chi connectivity index (χ3v) is 4.06. The molecule has 0 amide bonds. The van der Waals surface area contributed by atoms with Crippen LogP contribution in [0.1, 0.15) is 6.42 Å². The fraction of sp³-hybridized carbons (Fsp3) is 0.364. The molecule has 0 aliphatic carbocycles. The van der Waals surface area contributed by atoms with Gasteiger partial charge in [0.1, 0.15) is 0 Å². The Balaban J connectivity index is 2.98. The van der Waals surface area contributed by atoms with Crippen LogP contribution in [0.15, 0.2) is 22.7 Å². The topological polar surface area (TPSA) is 86.7 Å². The Bertz CT molecular complexity index is 572. The number of nitrogens with zero attached hydrogens (tertiary/aromatic N) is 1. The van der Waals surface area contributed by atoms with Gasteiger partial charge >= 0.3 is 5.97 Å². The Hall–Kier alpha value is -1.28. The molecule has 1 rings (SSSR count). The molecule has 0 unspecified atom stereocenters. The minimum atomic E-state index is -3.68. The quantitative estimate of drug-likeness (QED) is 0.815. The van der Waals surface area contributed by atoms with E-state index in [0.29, 0.717) is 11.4 Å². The highest BCUT2D eigenvalue weighted by Gasteiger charge is 2.15. The van der Waals surface area contributed by atoms with E-state index in [4.69, 9.17) is 5.11 Å². The lowest BCUT2D eigenvalue weighted by Crippen LogP contribution is -2.21. The number of hydrogen-bond acceptors (Lipinski definition) is 4. The van der Waals surface area contributed by atoms with Crippen LogP contribution in [0.2, 0.25) is 0 Å². The molecule has 0 bridgehead atoms. The molecule has 106 valence electrons. The van der Waals surface area contributed by atoms with Gasteiger partial charge in [-0.25, -0.2) is 8.42 Å². The number of halogens is 1. The fourth-order valence-electron chi connectivity index (χ4n) is 1.42. The summed E-state index contributed by atoms with van der Waals surface area (Å²) in [6, 6.07) is 5.19. The van der Waals surface area contributed by atoms with Crippen molar-refractivity contribution < 1.29 is 18.3 Å². The van der Waals surface area contributed by atoms with Crippen molar-refractivity contribution in [2.45, 2.75) is 6.42 Å². The summed E-state index contributed by atoms with van der Waals surface area (Å²) in [5.74, 6) is -1.60. The summed E-state index contributed by atoms with van der Waals surface area (Å²) in [6.45, 7) is 0. The normalized spacial score (nSPS) is 11.1. The second-order valence-electron chi connectivity index (χ2n) is 4.12. The van der Waals surface area contributed by atoms with E-state index in [9.17, 15) is 13.2 Å². The number of carboxylic acids is 1. The third kappa shape index (κ3) is 5.07. The predicted molar refractivity (Wildman–Crippen MR) is 78.1 cm³/mol. The zero-order valence-electron chi connectivity index (χ0n) is 10.6. The van der Waals surface area contributed by atoms with Gasteiger partial charge in [-0.1, -0.05) is 15.9 Å². The molecule has 19 heavy (non-hydrogen) atoms. The standard InChI is InChI=1S/C11H15BrN2O4S/c1-14(2)10-4-3-8(12)7-9(10)13-19(17,18)6-5-11(15)16/h3-4,7,13H,5-6H2,1-2H3,(H,15,16). The average Bonchev–Trinajstić information content (AvgIpc) is 2.25. The summed E-state index contributed by atoms with van der Waals surface area (Å²) in [5.41, 5.74) is 1.10. The van der Waals surface area contributed by atoms with Gasteiger partial charge in [-0.2, -0.15) is 0 Å². The van der Waals surface area contributed by atoms with Crippen LogP contribution in [0.4, 0.5) is 11.4 Å². The monoisotopic (exact) mass is 350 g/mol. The van der Waals surface area contributed by atoms with Crippen LogP contribution >= 0.6 is 15.9 Å². The Kier molecular flexibility index (Phi) is 5.19. The molecule has 0 saturated heterocycles. The van der Waals surface area contributed by atoms with E-state index in [0.717, 1.165) is 4.47 Å². The van der Waals surface area contributed by atoms with Crippen LogP contribution in [0.25, 0.3) is 0 Å². The lowest BCUT2D eigenvalue weighted by Gasteiger charge is -2.18.